The number of carbonyl (C=O) groups excluding carboxylic acids is 1. The van der Waals surface area contributed by atoms with Gasteiger partial charge in [0.1, 0.15) is 5.60 Å². The number of nitrogens with zero attached hydrogens (tertiary/aromatic N) is 1. The van der Waals surface area contributed by atoms with E-state index in [2.05, 4.69) is 0 Å². The molecule has 0 aromatic rings. The monoisotopic (exact) mass is 337 g/mol. The van der Waals surface area contributed by atoms with Gasteiger partial charge in [-0.3, -0.25) is 4.18 Å². The second-order valence-electron chi connectivity index (χ2n) is 6.76. The van der Waals surface area contributed by atoms with Gasteiger partial charge in [0.05, 0.1) is 19.5 Å². The fourth-order valence-electron chi connectivity index (χ4n) is 2.25. The smallest absolute Gasteiger partial charge is 0.410 e. The molecule has 0 N–H and O–H groups in total. The number of carbonyl (C=O) groups is 1. The molecule has 1 saturated heterocycles. The van der Waals surface area contributed by atoms with Gasteiger partial charge >= 0.3 is 6.09 Å². The van der Waals surface area contributed by atoms with Crippen molar-refractivity contribution in [3.63, 3.8) is 0 Å². The molecule has 22 heavy (non-hydrogen) atoms. The molecule has 0 radical (unpaired) electrons. The summed E-state index contributed by atoms with van der Waals surface area (Å²) >= 11 is 0. The van der Waals surface area contributed by atoms with Crippen molar-refractivity contribution in [2.24, 2.45) is 5.41 Å². The molecule has 1 aliphatic rings. The van der Waals surface area contributed by atoms with Gasteiger partial charge in [-0.2, -0.15) is 8.42 Å². The predicted octanol–water partition coefficient (Wildman–Crippen LogP) is 1.63. The van der Waals surface area contributed by atoms with Crippen LogP contribution in [0.1, 0.15) is 34.1 Å². The van der Waals surface area contributed by atoms with Crippen LogP contribution in [-0.4, -0.2) is 64.2 Å². The van der Waals surface area contributed by atoms with E-state index in [9.17, 15) is 13.2 Å². The van der Waals surface area contributed by atoms with Crippen molar-refractivity contribution in [2.75, 3.05) is 39.2 Å². The van der Waals surface area contributed by atoms with Gasteiger partial charge in [0, 0.05) is 25.1 Å². The van der Waals surface area contributed by atoms with E-state index in [1.54, 1.807) is 25.7 Å². The lowest BCUT2D eigenvalue weighted by Gasteiger charge is -2.29. The average molecular weight is 337 g/mol. The minimum Gasteiger partial charge on any atom is -0.444 e. The molecule has 7 nitrogen and oxygen atoms in total. The molecule has 1 aliphatic heterocycles. The Balaban J connectivity index is 2.73. The maximum atomic E-state index is 12.1. The fourth-order valence-corrected chi connectivity index (χ4v) is 2.71. The molecule has 130 valence electrons. The highest BCUT2D eigenvalue weighted by Crippen LogP contribution is 2.32. The van der Waals surface area contributed by atoms with Gasteiger partial charge in [-0.25, -0.2) is 4.79 Å². The SMILES string of the molecule is CCOCC1(COS(C)(=O)=O)CCN(C(=O)OC(C)(C)C)C1. The topological polar surface area (TPSA) is 82.1 Å². The van der Waals surface area contributed by atoms with Crippen LogP contribution in [0.5, 0.6) is 0 Å². The maximum Gasteiger partial charge on any atom is 0.410 e. The normalized spacial score (nSPS) is 22.9. The summed E-state index contributed by atoms with van der Waals surface area (Å²) in [6, 6.07) is 0. The van der Waals surface area contributed by atoms with Gasteiger partial charge in [0.2, 0.25) is 0 Å². The van der Waals surface area contributed by atoms with Crippen molar-refractivity contribution in [1.29, 1.82) is 0 Å². The van der Waals surface area contributed by atoms with Crippen molar-refractivity contribution >= 4 is 16.2 Å². The second-order valence-corrected chi connectivity index (χ2v) is 8.40. The van der Waals surface area contributed by atoms with E-state index in [-0.39, 0.29) is 6.61 Å². The van der Waals surface area contributed by atoms with E-state index >= 15 is 0 Å². The Bertz CT molecular complexity index is 484. The molecule has 1 atom stereocenters. The second kappa shape index (κ2) is 7.14. The zero-order valence-electron chi connectivity index (χ0n) is 14.0. The summed E-state index contributed by atoms with van der Waals surface area (Å²) in [6.45, 7) is 9.01. The molecule has 0 bridgehead atoms. The van der Waals surface area contributed by atoms with Crippen LogP contribution >= 0.6 is 0 Å². The van der Waals surface area contributed by atoms with E-state index in [1.165, 1.54) is 0 Å². The number of hydrogen-bond donors (Lipinski definition) is 0. The molecule has 0 aromatic carbocycles. The summed E-state index contributed by atoms with van der Waals surface area (Å²) in [7, 11) is -3.53. The number of rotatable bonds is 6. The van der Waals surface area contributed by atoms with Crippen molar-refractivity contribution in [2.45, 2.75) is 39.7 Å². The Morgan fingerprint density at radius 2 is 1.91 bits per heavy atom. The van der Waals surface area contributed by atoms with E-state index in [1.807, 2.05) is 6.92 Å². The highest BCUT2D eigenvalue weighted by atomic mass is 32.2. The third-order valence-corrected chi connectivity index (χ3v) is 3.83. The van der Waals surface area contributed by atoms with Crippen molar-refractivity contribution < 1.29 is 26.9 Å². The van der Waals surface area contributed by atoms with Crippen LogP contribution in [0.25, 0.3) is 0 Å². The van der Waals surface area contributed by atoms with Crippen LogP contribution in [-0.2, 0) is 23.8 Å². The molecule has 0 saturated carbocycles. The third kappa shape index (κ3) is 6.50. The molecule has 1 fully saturated rings. The Hall–Kier alpha value is -0.860. The fraction of sp³-hybridized carbons (Fsp3) is 0.929. The summed E-state index contributed by atoms with van der Waals surface area (Å²) in [4.78, 5) is 13.7. The molecule has 8 heteroatoms. The highest BCUT2D eigenvalue weighted by molar-refractivity contribution is 7.85. The quantitative estimate of drug-likeness (QED) is 0.685. The summed E-state index contributed by atoms with van der Waals surface area (Å²) in [5.74, 6) is 0. The molecule has 1 unspecified atom stereocenters. The summed E-state index contributed by atoms with van der Waals surface area (Å²) in [5.41, 5.74) is -1.08. The van der Waals surface area contributed by atoms with Crippen LogP contribution in [0.15, 0.2) is 0 Å². The van der Waals surface area contributed by atoms with Gasteiger partial charge < -0.3 is 14.4 Å². The predicted molar refractivity (Wildman–Crippen MR) is 82.1 cm³/mol. The molecule has 1 amide bonds. The molecule has 1 rings (SSSR count). The Morgan fingerprint density at radius 3 is 2.41 bits per heavy atom. The average Bonchev–Trinajstić information content (AvgIpc) is 2.76. The first-order valence-corrected chi connectivity index (χ1v) is 9.18. The molecule has 1 heterocycles. The number of amides is 1. The minimum atomic E-state index is -3.53. The molecular formula is C14H27NO6S. The van der Waals surface area contributed by atoms with E-state index < -0.39 is 27.2 Å². The van der Waals surface area contributed by atoms with Gasteiger partial charge in [0.25, 0.3) is 10.1 Å². The van der Waals surface area contributed by atoms with Crippen LogP contribution in [0.4, 0.5) is 4.79 Å². The van der Waals surface area contributed by atoms with E-state index in [0.29, 0.717) is 32.7 Å². The standard InChI is InChI=1S/C14H27NO6S/c1-6-19-10-14(11-20-22(5,17)18)7-8-15(9-14)12(16)21-13(2,3)4/h6-11H2,1-5H3. The molecule has 0 aromatic heterocycles. The number of ether oxygens (including phenoxy) is 2. The first-order chi connectivity index (χ1) is 9.96. The van der Waals surface area contributed by atoms with Crippen LogP contribution in [0, 0.1) is 5.41 Å². The minimum absolute atomic E-state index is 0.00509. The molecule has 0 aliphatic carbocycles. The van der Waals surface area contributed by atoms with Crippen molar-refractivity contribution in [1.82, 2.24) is 4.90 Å². The number of likely N-dealkylation sites (tertiary alicyclic amines) is 1. The third-order valence-electron chi connectivity index (χ3n) is 3.28. The largest absolute Gasteiger partial charge is 0.444 e. The first-order valence-electron chi connectivity index (χ1n) is 7.36. The summed E-state index contributed by atoms with van der Waals surface area (Å²) in [6.07, 6.45) is 1.23. The lowest BCUT2D eigenvalue weighted by atomic mass is 9.89. The van der Waals surface area contributed by atoms with Gasteiger partial charge in [0.15, 0.2) is 0 Å². The summed E-state index contributed by atoms with van der Waals surface area (Å²) in [5, 5.41) is 0. The van der Waals surface area contributed by atoms with Crippen LogP contribution in [0.3, 0.4) is 0 Å². The zero-order valence-corrected chi connectivity index (χ0v) is 14.9. The van der Waals surface area contributed by atoms with Crippen LogP contribution in [0.2, 0.25) is 0 Å². The number of hydrogen-bond acceptors (Lipinski definition) is 6. The van der Waals surface area contributed by atoms with Gasteiger partial charge in [-0.15, -0.1) is 0 Å². The maximum absolute atomic E-state index is 12.1. The Kier molecular flexibility index (Phi) is 6.23. The Labute approximate surface area is 133 Å². The molecular weight excluding hydrogens is 310 g/mol. The van der Waals surface area contributed by atoms with Crippen molar-refractivity contribution in [3.8, 4) is 0 Å². The lowest BCUT2D eigenvalue weighted by molar-refractivity contribution is 0.0112. The first kappa shape index (κ1) is 19.2. The lowest BCUT2D eigenvalue weighted by Crippen LogP contribution is -2.40. The van der Waals surface area contributed by atoms with Crippen LogP contribution < -0.4 is 0 Å². The van der Waals surface area contributed by atoms with Gasteiger partial charge in [-0.1, -0.05) is 0 Å². The molecule has 0 spiro atoms. The van der Waals surface area contributed by atoms with E-state index in [0.717, 1.165) is 6.26 Å². The van der Waals surface area contributed by atoms with E-state index in [4.69, 9.17) is 13.7 Å². The summed E-state index contributed by atoms with van der Waals surface area (Å²) < 4.78 is 38.2. The highest BCUT2D eigenvalue weighted by Gasteiger charge is 2.42. The Morgan fingerprint density at radius 1 is 1.27 bits per heavy atom. The van der Waals surface area contributed by atoms with Gasteiger partial charge in [-0.05, 0) is 34.1 Å². The zero-order chi connectivity index (χ0) is 17.0. The van der Waals surface area contributed by atoms with Crippen molar-refractivity contribution in [3.05, 3.63) is 0 Å².